The first-order valence-corrected chi connectivity index (χ1v) is 8.87. The standard InChI is InChI=1S/C19H21N5O3/c1-26-17-11-27-7-5-15(17)23-19(25)13-8-16-18(21-9-13)24(12-22-16)10-14-4-2-3-6-20-14/h2-4,6,8-9,12,15,17H,5,7,10-11H2,1H3,(H,23,25)/t15-,17-/m0/s1. The molecule has 0 aliphatic carbocycles. The van der Waals surface area contributed by atoms with Crippen molar-refractivity contribution in [2.45, 2.75) is 25.1 Å². The molecule has 2 atom stereocenters. The molecule has 1 N–H and O–H groups in total. The maximum atomic E-state index is 12.6. The van der Waals surface area contributed by atoms with Crippen LogP contribution in [0.25, 0.3) is 11.2 Å². The number of hydrogen-bond donors (Lipinski definition) is 1. The number of amides is 1. The van der Waals surface area contributed by atoms with Gasteiger partial charge in [-0.25, -0.2) is 9.97 Å². The number of hydrogen-bond acceptors (Lipinski definition) is 6. The van der Waals surface area contributed by atoms with E-state index in [0.29, 0.717) is 30.8 Å². The Kier molecular flexibility index (Phi) is 5.08. The fraction of sp³-hybridized carbons (Fsp3) is 0.368. The third-order valence-electron chi connectivity index (χ3n) is 4.70. The largest absolute Gasteiger partial charge is 0.379 e. The van der Waals surface area contributed by atoms with Gasteiger partial charge in [0.1, 0.15) is 11.6 Å². The molecule has 1 saturated heterocycles. The van der Waals surface area contributed by atoms with Crippen LogP contribution in [0.15, 0.2) is 43.0 Å². The Hall–Kier alpha value is -2.84. The minimum absolute atomic E-state index is 0.0753. The molecule has 27 heavy (non-hydrogen) atoms. The Bertz CT molecular complexity index is 927. The van der Waals surface area contributed by atoms with E-state index in [4.69, 9.17) is 9.47 Å². The lowest BCUT2D eigenvalue weighted by Crippen LogP contribution is -2.49. The monoisotopic (exact) mass is 367 g/mol. The van der Waals surface area contributed by atoms with E-state index in [1.165, 1.54) is 0 Å². The van der Waals surface area contributed by atoms with Gasteiger partial charge in [-0.3, -0.25) is 9.78 Å². The number of imidazole rings is 1. The van der Waals surface area contributed by atoms with Crippen molar-refractivity contribution >= 4 is 17.1 Å². The molecule has 0 unspecified atom stereocenters. The van der Waals surface area contributed by atoms with Gasteiger partial charge in [0.15, 0.2) is 5.65 Å². The Morgan fingerprint density at radius 1 is 1.37 bits per heavy atom. The zero-order chi connectivity index (χ0) is 18.6. The number of nitrogens with one attached hydrogen (secondary N) is 1. The smallest absolute Gasteiger partial charge is 0.253 e. The van der Waals surface area contributed by atoms with E-state index in [2.05, 4.69) is 20.3 Å². The summed E-state index contributed by atoms with van der Waals surface area (Å²) in [6.07, 6.45) is 5.63. The molecule has 140 valence electrons. The highest BCUT2D eigenvalue weighted by Gasteiger charge is 2.27. The summed E-state index contributed by atoms with van der Waals surface area (Å²) >= 11 is 0. The van der Waals surface area contributed by atoms with Crippen LogP contribution in [0.1, 0.15) is 22.5 Å². The van der Waals surface area contributed by atoms with Crippen LogP contribution in [0.3, 0.4) is 0 Å². The molecule has 4 heterocycles. The van der Waals surface area contributed by atoms with E-state index in [0.717, 1.165) is 17.8 Å². The predicted molar refractivity (Wildman–Crippen MR) is 98.4 cm³/mol. The number of aromatic nitrogens is 4. The van der Waals surface area contributed by atoms with Crippen molar-refractivity contribution in [3.63, 3.8) is 0 Å². The number of carbonyl (C=O) groups excluding carboxylic acids is 1. The van der Waals surface area contributed by atoms with Crippen molar-refractivity contribution in [2.75, 3.05) is 20.3 Å². The molecule has 0 bridgehead atoms. The van der Waals surface area contributed by atoms with Gasteiger partial charge in [0.25, 0.3) is 5.91 Å². The fourth-order valence-corrected chi connectivity index (χ4v) is 3.22. The summed E-state index contributed by atoms with van der Waals surface area (Å²) in [4.78, 5) is 25.8. The minimum Gasteiger partial charge on any atom is -0.379 e. The number of nitrogens with zero attached hydrogens (tertiary/aromatic N) is 4. The molecule has 1 fully saturated rings. The number of fused-ring (bicyclic) bond motifs is 1. The first kappa shape index (κ1) is 17.6. The molecular formula is C19H21N5O3. The Balaban J connectivity index is 1.51. The highest BCUT2D eigenvalue weighted by atomic mass is 16.5. The van der Waals surface area contributed by atoms with Crippen LogP contribution in [0, 0.1) is 0 Å². The minimum atomic E-state index is -0.183. The average molecular weight is 367 g/mol. The molecule has 0 radical (unpaired) electrons. The number of carbonyl (C=O) groups is 1. The Morgan fingerprint density at radius 3 is 3.11 bits per heavy atom. The normalized spacial score (nSPS) is 19.9. The number of rotatable bonds is 5. The van der Waals surface area contributed by atoms with Crippen molar-refractivity contribution in [3.05, 3.63) is 54.2 Å². The van der Waals surface area contributed by atoms with E-state index >= 15 is 0 Å². The maximum absolute atomic E-state index is 12.6. The highest BCUT2D eigenvalue weighted by Crippen LogP contribution is 2.15. The van der Waals surface area contributed by atoms with Crippen molar-refractivity contribution < 1.29 is 14.3 Å². The SMILES string of the molecule is CO[C@H]1COCC[C@@H]1NC(=O)c1cnc2c(c1)ncn2Cc1ccccn1. The van der Waals surface area contributed by atoms with Crippen LogP contribution in [0.4, 0.5) is 0 Å². The summed E-state index contributed by atoms with van der Waals surface area (Å²) in [5, 5.41) is 3.02. The van der Waals surface area contributed by atoms with Gasteiger partial charge >= 0.3 is 0 Å². The van der Waals surface area contributed by atoms with Gasteiger partial charge in [-0.15, -0.1) is 0 Å². The lowest BCUT2D eigenvalue weighted by Gasteiger charge is -2.30. The summed E-state index contributed by atoms with van der Waals surface area (Å²) < 4.78 is 12.7. The van der Waals surface area contributed by atoms with Gasteiger partial charge in [-0.1, -0.05) is 6.07 Å². The van der Waals surface area contributed by atoms with Gasteiger partial charge in [0.2, 0.25) is 0 Å². The van der Waals surface area contributed by atoms with Crippen molar-refractivity contribution in [3.8, 4) is 0 Å². The first-order valence-electron chi connectivity index (χ1n) is 8.87. The average Bonchev–Trinajstić information content (AvgIpc) is 3.11. The number of pyridine rings is 2. The van der Waals surface area contributed by atoms with E-state index in [-0.39, 0.29) is 18.1 Å². The summed E-state index contributed by atoms with van der Waals surface area (Å²) in [6, 6.07) is 7.46. The Morgan fingerprint density at radius 2 is 2.30 bits per heavy atom. The van der Waals surface area contributed by atoms with Gasteiger partial charge in [-0.05, 0) is 24.6 Å². The van der Waals surface area contributed by atoms with Crippen molar-refractivity contribution in [1.29, 1.82) is 0 Å². The van der Waals surface area contributed by atoms with Gasteiger partial charge in [0, 0.05) is 26.1 Å². The lowest BCUT2D eigenvalue weighted by atomic mass is 10.1. The zero-order valence-corrected chi connectivity index (χ0v) is 15.0. The van der Waals surface area contributed by atoms with E-state index in [1.807, 2.05) is 22.8 Å². The van der Waals surface area contributed by atoms with Crippen LogP contribution in [-0.4, -0.2) is 57.9 Å². The van der Waals surface area contributed by atoms with E-state index < -0.39 is 0 Å². The van der Waals surface area contributed by atoms with Crippen LogP contribution >= 0.6 is 0 Å². The lowest BCUT2D eigenvalue weighted by molar-refractivity contribution is -0.0479. The van der Waals surface area contributed by atoms with Crippen LogP contribution in [-0.2, 0) is 16.0 Å². The number of ether oxygens (including phenoxy) is 2. The Labute approximate surface area is 156 Å². The summed E-state index contributed by atoms with van der Waals surface area (Å²) in [6.45, 7) is 1.67. The van der Waals surface area contributed by atoms with E-state index in [9.17, 15) is 4.79 Å². The van der Waals surface area contributed by atoms with Crippen LogP contribution < -0.4 is 5.32 Å². The summed E-state index contributed by atoms with van der Waals surface area (Å²) in [7, 11) is 1.63. The molecule has 1 aliphatic heterocycles. The third-order valence-corrected chi connectivity index (χ3v) is 4.70. The molecule has 4 rings (SSSR count). The second kappa shape index (κ2) is 7.81. The number of methoxy groups -OCH3 is 1. The molecule has 0 saturated carbocycles. The van der Waals surface area contributed by atoms with E-state index in [1.54, 1.807) is 31.9 Å². The van der Waals surface area contributed by atoms with Gasteiger partial charge in [0.05, 0.1) is 36.8 Å². The molecular weight excluding hydrogens is 346 g/mol. The molecule has 3 aromatic heterocycles. The molecule has 8 nitrogen and oxygen atoms in total. The fourth-order valence-electron chi connectivity index (χ4n) is 3.22. The summed E-state index contributed by atoms with van der Waals surface area (Å²) in [5.41, 5.74) is 2.80. The molecule has 3 aromatic rings. The second-order valence-corrected chi connectivity index (χ2v) is 6.48. The van der Waals surface area contributed by atoms with Gasteiger partial charge < -0.3 is 19.4 Å². The van der Waals surface area contributed by atoms with Crippen molar-refractivity contribution in [1.82, 2.24) is 24.8 Å². The maximum Gasteiger partial charge on any atom is 0.253 e. The third kappa shape index (κ3) is 3.81. The second-order valence-electron chi connectivity index (χ2n) is 6.48. The summed E-state index contributed by atoms with van der Waals surface area (Å²) in [5.74, 6) is -0.183. The topological polar surface area (TPSA) is 91.2 Å². The zero-order valence-electron chi connectivity index (χ0n) is 15.0. The first-order chi connectivity index (χ1) is 13.2. The van der Waals surface area contributed by atoms with Crippen LogP contribution in [0.2, 0.25) is 0 Å². The van der Waals surface area contributed by atoms with Crippen LogP contribution in [0.5, 0.6) is 0 Å². The highest BCUT2D eigenvalue weighted by molar-refractivity contribution is 5.96. The molecule has 8 heteroatoms. The molecule has 1 amide bonds. The quantitative estimate of drug-likeness (QED) is 0.733. The van der Waals surface area contributed by atoms with Crippen molar-refractivity contribution in [2.24, 2.45) is 0 Å². The molecule has 0 spiro atoms. The molecule has 1 aliphatic rings. The molecule has 0 aromatic carbocycles. The van der Waals surface area contributed by atoms with Gasteiger partial charge in [-0.2, -0.15) is 0 Å². The predicted octanol–water partition coefficient (Wildman–Crippen LogP) is 1.41.